The third kappa shape index (κ3) is 6.57. The molecule has 1 aliphatic heterocycles. The van der Waals surface area contributed by atoms with Gasteiger partial charge in [0, 0.05) is 6.54 Å². The summed E-state index contributed by atoms with van der Waals surface area (Å²) in [5.74, 6) is 1.05. The molecule has 3 N–H and O–H groups in total. The number of hydrogen-bond donors (Lipinski definition) is 3. The molecule has 146 valence electrons. The Morgan fingerprint density at radius 2 is 2.08 bits per heavy atom. The van der Waals surface area contributed by atoms with Crippen molar-refractivity contribution >= 4 is 27.7 Å². The number of nitrogens with one attached hydrogen (secondary N) is 3. The van der Waals surface area contributed by atoms with Crippen molar-refractivity contribution in [1.82, 2.24) is 15.4 Å². The molecule has 2 unspecified atom stereocenters. The molecule has 1 heterocycles. The molecule has 1 amide bonds. The van der Waals surface area contributed by atoms with Crippen LogP contribution >= 0.6 is 11.8 Å². The largest absolute Gasteiger partial charge is 0.355 e. The Balaban J connectivity index is 1.95. The SMILES string of the molecule is CSCCC(NS(=O)(=O)c1ccc(C)cc1)C(=O)NCCC1CCNC1. The molecule has 2 atom stereocenters. The van der Waals surface area contributed by atoms with Crippen molar-refractivity contribution in [2.24, 2.45) is 5.92 Å². The lowest BCUT2D eigenvalue weighted by molar-refractivity contribution is -0.122. The number of thioether (sulfide) groups is 1. The van der Waals surface area contributed by atoms with E-state index in [0.29, 0.717) is 24.6 Å². The van der Waals surface area contributed by atoms with Crippen molar-refractivity contribution in [1.29, 1.82) is 0 Å². The number of hydrogen-bond acceptors (Lipinski definition) is 5. The quantitative estimate of drug-likeness (QED) is 0.555. The fourth-order valence-electron chi connectivity index (χ4n) is 2.94. The smallest absolute Gasteiger partial charge is 0.241 e. The zero-order valence-corrected chi connectivity index (χ0v) is 17.1. The Kier molecular flexibility index (Phi) is 8.40. The standard InChI is InChI=1S/C18H29N3O3S2/c1-14-3-5-16(6-4-14)26(23,24)21-17(9-12-25-2)18(22)20-11-8-15-7-10-19-13-15/h3-6,15,17,19,21H,7-13H2,1-2H3,(H,20,22). The van der Waals surface area contributed by atoms with E-state index in [1.165, 1.54) is 0 Å². The first-order chi connectivity index (χ1) is 12.4. The van der Waals surface area contributed by atoms with Crippen LogP contribution in [0.3, 0.4) is 0 Å². The lowest BCUT2D eigenvalue weighted by Crippen LogP contribution is -2.47. The lowest BCUT2D eigenvalue weighted by atomic mass is 10.1. The number of carbonyl (C=O) groups is 1. The Morgan fingerprint density at radius 3 is 2.69 bits per heavy atom. The van der Waals surface area contributed by atoms with Gasteiger partial charge >= 0.3 is 0 Å². The minimum atomic E-state index is -3.72. The molecule has 0 spiro atoms. The number of amides is 1. The molecule has 0 radical (unpaired) electrons. The number of carbonyl (C=O) groups excluding carboxylic acids is 1. The number of sulfonamides is 1. The van der Waals surface area contributed by atoms with Crippen molar-refractivity contribution in [2.75, 3.05) is 31.6 Å². The Bertz CT molecular complexity index is 671. The third-order valence-electron chi connectivity index (χ3n) is 4.57. The summed E-state index contributed by atoms with van der Waals surface area (Å²) in [5.41, 5.74) is 0.988. The fraction of sp³-hybridized carbons (Fsp3) is 0.611. The maximum Gasteiger partial charge on any atom is 0.241 e. The average Bonchev–Trinajstić information content (AvgIpc) is 3.12. The molecule has 1 aliphatic rings. The molecule has 0 bridgehead atoms. The molecular formula is C18H29N3O3S2. The van der Waals surface area contributed by atoms with Crippen molar-refractivity contribution in [2.45, 2.75) is 37.1 Å². The average molecular weight is 400 g/mol. The predicted octanol–water partition coefficient (Wildman–Crippen LogP) is 1.51. The van der Waals surface area contributed by atoms with Crippen LogP contribution in [-0.2, 0) is 14.8 Å². The van der Waals surface area contributed by atoms with Crippen LogP contribution in [0.5, 0.6) is 0 Å². The lowest BCUT2D eigenvalue weighted by Gasteiger charge is -2.19. The first-order valence-corrected chi connectivity index (χ1v) is 11.9. The first-order valence-electron chi connectivity index (χ1n) is 8.99. The minimum Gasteiger partial charge on any atom is -0.355 e. The summed E-state index contributed by atoms with van der Waals surface area (Å²) in [7, 11) is -3.72. The Labute approximate surface area is 160 Å². The summed E-state index contributed by atoms with van der Waals surface area (Å²) in [5, 5.41) is 6.21. The highest BCUT2D eigenvalue weighted by atomic mass is 32.2. The van der Waals surface area contributed by atoms with Gasteiger partial charge in [-0.25, -0.2) is 8.42 Å². The van der Waals surface area contributed by atoms with E-state index in [1.807, 2.05) is 13.2 Å². The number of rotatable bonds is 10. The molecule has 0 aromatic heterocycles. The summed E-state index contributed by atoms with van der Waals surface area (Å²) in [6.07, 6.45) is 4.45. The molecule has 0 aliphatic carbocycles. The van der Waals surface area contributed by atoms with Crippen LogP contribution in [0.15, 0.2) is 29.2 Å². The minimum absolute atomic E-state index is 0.182. The van der Waals surface area contributed by atoms with Gasteiger partial charge in [0.15, 0.2) is 0 Å². The maximum atomic E-state index is 12.6. The van der Waals surface area contributed by atoms with Gasteiger partial charge in [0.05, 0.1) is 4.90 Å². The molecule has 1 fully saturated rings. The molecule has 26 heavy (non-hydrogen) atoms. The van der Waals surface area contributed by atoms with Crippen LogP contribution in [0.2, 0.25) is 0 Å². The second-order valence-electron chi connectivity index (χ2n) is 6.71. The molecule has 0 saturated carbocycles. The zero-order valence-electron chi connectivity index (χ0n) is 15.5. The van der Waals surface area contributed by atoms with E-state index >= 15 is 0 Å². The van der Waals surface area contributed by atoms with Crippen LogP contribution < -0.4 is 15.4 Å². The highest BCUT2D eigenvalue weighted by Gasteiger charge is 2.25. The van der Waals surface area contributed by atoms with Crippen LogP contribution in [0.25, 0.3) is 0 Å². The second-order valence-corrected chi connectivity index (χ2v) is 9.41. The molecule has 1 aromatic rings. The summed E-state index contributed by atoms with van der Waals surface area (Å²) in [4.78, 5) is 12.7. The highest BCUT2D eigenvalue weighted by Crippen LogP contribution is 2.13. The van der Waals surface area contributed by atoms with Gasteiger partial charge in [-0.05, 0) is 69.3 Å². The topological polar surface area (TPSA) is 87.3 Å². The van der Waals surface area contributed by atoms with E-state index in [1.54, 1.807) is 36.0 Å². The summed E-state index contributed by atoms with van der Waals surface area (Å²) in [6, 6.07) is 5.88. The maximum absolute atomic E-state index is 12.6. The molecule has 1 aromatic carbocycles. The van der Waals surface area contributed by atoms with Gasteiger partial charge in [-0.2, -0.15) is 16.5 Å². The van der Waals surface area contributed by atoms with Gasteiger partial charge < -0.3 is 10.6 Å². The van der Waals surface area contributed by atoms with E-state index in [4.69, 9.17) is 0 Å². The van der Waals surface area contributed by atoms with Crippen LogP contribution in [-0.4, -0.2) is 52.0 Å². The van der Waals surface area contributed by atoms with Gasteiger partial charge in [0.25, 0.3) is 0 Å². The summed E-state index contributed by atoms with van der Waals surface area (Å²) in [6.45, 7) is 4.50. The monoisotopic (exact) mass is 399 g/mol. The van der Waals surface area contributed by atoms with Crippen molar-refractivity contribution < 1.29 is 13.2 Å². The van der Waals surface area contributed by atoms with Gasteiger partial charge in [-0.1, -0.05) is 17.7 Å². The molecular weight excluding hydrogens is 370 g/mol. The second kappa shape index (κ2) is 10.3. The van der Waals surface area contributed by atoms with E-state index in [-0.39, 0.29) is 10.8 Å². The molecule has 2 rings (SSSR count). The normalized spacial score (nSPS) is 18.6. The number of benzene rings is 1. The van der Waals surface area contributed by atoms with Crippen LogP contribution in [0.4, 0.5) is 0 Å². The van der Waals surface area contributed by atoms with Crippen molar-refractivity contribution in [3.8, 4) is 0 Å². The van der Waals surface area contributed by atoms with Gasteiger partial charge in [0.1, 0.15) is 6.04 Å². The third-order valence-corrected chi connectivity index (χ3v) is 6.70. The fourth-order valence-corrected chi connectivity index (χ4v) is 4.64. The Morgan fingerprint density at radius 1 is 1.35 bits per heavy atom. The van der Waals surface area contributed by atoms with E-state index in [2.05, 4.69) is 15.4 Å². The van der Waals surface area contributed by atoms with Crippen LogP contribution in [0.1, 0.15) is 24.8 Å². The van der Waals surface area contributed by atoms with Gasteiger partial charge in [0.2, 0.25) is 15.9 Å². The Hall–Kier alpha value is -1.09. The summed E-state index contributed by atoms with van der Waals surface area (Å²) >= 11 is 1.59. The molecule has 6 nitrogen and oxygen atoms in total. The molecule has 8 heteroatoms. The van der Waals surface area contributed by atoms with Gasteiger partial charge in [-0.3, -0.25) is 4.79 Å². The van der Waals surface area contributed by atoms with Crippen molar-refractivity contribution in [3.05, 3.63) is 29.8 Å². The zero-order chi connectivity index (χ0) is 19.0. The highest BCUT2D eigenvalue weighted by molar-refractivity contribution is 7.98. The van der Waals surface area contributed by atoms with Crippen molar-refractivity contribution in [3.63, 3.8) is 0 Å². The first kappa shape index (κ1) is 21.2. The van der Waals surface area contributed by atoms with Gasteiger partial charge in [-0.15, -0.1) is 0 Å². The van der Waals surface area contributed by atoms with E-state index in [0.717, 1.165) is 31.5 Å². The van der Waals surface area contributed by atoms with Crippen LogP contribution in [0, 0.1) is 12.8 Å². The predicted molar refractivity (Wildman–Crippen MR) is 107 cm³/mol. The summed E-state index contributed by atoms with van der Waals surface area (Å²) < 4.78 is 27.8. The molecule has 1 saturated heterocycles. The van der Waals surface area contributed by atoms with E-state index in [9.17, 15) is 13.2 Å². The van der Waals surface area contributed by atoms with E-state index < -0.39 is 16.1 Å². The number of aryl methyl sites for hydroxylation is 1.